The van der Waals surface area contributed by atoms with Gasteiger partial charge in [0.1, 0.15) is 19.1 Å². The van der Waals surface area contributed by atoms with Gasteiger partial charge in [0, 0.05) is 0 Å². The largest absolute Gasteiger partial charge is 0.486 e. The summed E-state index contributed by atoms with van der Waals surface area (Å²) >= 11 is 0. The van der Waals surface area contributed by atoms with Crippen molar-refractivity contribution in [2.75, 3.05) is 13.2 Å². The van der Waals surface area contributed by atoms with Gasteiger partial charge in [-0.15, -0.1) is 0 Å². The lowest BCUT2D eigenvalue weighted by Gasteiger charge is -2.21. The summed E-state index contributed by atoms with van der Waals surface area (Å²) in [7, 11) is 0. The first-order valence-corrected chi connectivity index (χ1v) is 6.46. The van der Waals surface area contributed by atoms with Crippen LogP contribution >= 0.6 is 0 Å². The molecule has 0 fully saturated rings. The molecule has 19 heavy (non-hydrogen) atoms. The zero-order chi connectivity index (χ0) is 13.8. The number of ketones is 1. The van der Waals surface area contributed by atoms with Crippen molar-refractivity contribution in [2.45, 2.75) is 20.3 Å². The molecule has 100 valence electrons. The van der Waals surface area contributed by atoms with Crippen LogP contribution < -0.4 is 9.47 Å². The van der Waals surface area contributed by atoms with Gasteiger partial charge in [0.05, 0.1) is 11.6 Å². The number of fused-ring (bicyclic) bond motifs is 1. The zero-order valence-corrected chi connectivity index (χ0v) is 11.2. The van der Waals surface area contributed by atoms with Gasteiger partial charge in [-0.1, -0.05) is 19.9 Å². The van der Waals surface area contributed by atoms with Crippen molar-refractivity contribution < 1.29 is 14.3 Å². The van der Waals surface area contributed by atoms with E-state index in [1.165, 1.54) is 0 Å². The minimum absolute atomic E-state index is 0.182. The van der Waals surface area contributed by atoms with Crippen molar-refractivity contribution in [1.29, 1.82) is 5.26 Å². The third-order valence-corrected chi connectivity index (χ3v) is 3.01. The maximum Gasteiger partial charge on any atom is 0.183 e. The van der Waals surface area contributed by atoms with E-state index in [0.717, 1.165) is 0 Å². The Morgan fingerprint density at radius 2 is 2.11 bits per heavy atom. The van der Waals surface area contributed by atoms with E-state index in [0.29, 0.717) is 42.6 Å². The van der Waals surface area contributed by atoms with Gasteiger partial charge in [-0.05, 0) is 24.5 Å². The Morgan fingerprint density at radius 3 is 2.79 bits per heavy atom. The van der Waals surface area contributed by atoms with Gasteiger partial charge in [0.2, 0.25) is 0 Å². The first-order chi connectivity index (χ1) is 9.13. The van der Waals surface area contributed by atoms with Crippen LogP contribution in [-0.4, -0.2) is 19.0 Å². The van der Waals surface area contributed by atoms with Crippen LogP contribution in [0.15, 0.2) is 18.2 Å². The van der Waals surface area contributed by atoms with Crippen molar-refractivity contribution in [2.24, 2.45) is 11.8 Å². The van der Waals surface area contributed by atoms with Crippen LogP contribution in [0.4, 0.5) is 0 Å². The molecule has 2 rings (SSSR count). The fraction of sp³-hybridized carbons (Fsp3) is 0.467. The molecule has 1 atom stereocenters. The number of hydrogen-bond acceptors (Lipinski definition) is 4. The molecule has 4 heteroatoms. The molecule has 0 spiro atoms. The lowest BCUT2D eigenvalue weighted by molar-refractivity contribution is 0.0926. The van der Waals surface area contributed by atoms with E-state index < -0.39 is 5.92 Å². The Balaban J connectivity index is 2.31. The summed E-state index contributed by atoms with van der Waals surface area (Å²) in [5.74, 6) is 0.543. The second-order valence-electron chi connectivity index (χ2n) is 5.01. The predicted molar refractivity (Wildman–Crippen MR) is 70.3 cm³/mol. The van der Waals surface area contributed by atoms with Crippen LogP contribution in [0.25, 0.3) is 0 Å². The molecule has 1 aliphatic heterocycles. The second kappa shape index (κ2) is 5.75. The summed E-state index contributed by atoms with van der Waals surface area (Å²) in [6, 6.07) is 7.31. The smallest absolute Gasteiger partial charge is 0.183 e. The fourth-order valence-electron chi connectivity index (χ4n) is 2.15. The molecule has 1 unspecified atom stereocenters. The monoisotopic (exact) mass is 259 g/mol. The van der Waals surface area contributed by atoms with Gasteiger partial charge < -0.3 is 9.47 Å². The zero-order valence-electron chi connectivity index (χ0n) is 11.2. The Labute approximate surface area is 112 Å². The Morgan fingerprint density at radius 1 is 1.37 bits per heavy atom. The number of Topliss-reactive ketones (excluding diaryl/α,β-unsaturated/α-hetero) is 1. The standard InChI is InChI=1S/C15H17NO3/c1-10(2)8-11(9-16)14(17)12-4-3-5-13-15(12)19-7-6-18-13/h3-5,10-11H,6-8H2,1-2H3. The van der Waals surface area contributed by atoms with Gasteiger partial charge in [-0.3, -0.25) is 4.79 Å². The van der Waals surface area contributed by atoms with E-state index in [9.17, 15) is 4.79 Å². The van der Waals surface area contributed by atoms with Crippen molar-refractivity contribution in [3.63, 3.8) is 0 Å². The van der Waals surface area contributed by atoms with Crippen LogP contribution in [0.5, 0.6) is 11.5 Å². The molecule has 0 aromatic heterocycles. The number of nitriles is 1. The van der Waals surface area contributed by atoms with Gasteiger partial charge in [-0.25, -0.2) is 0 Å². The number of carbonyl (C=O) groups excluding carboxylic acids is 1. The van der Waals surface area contributed by atoms with Crippen molar-refractivity contribution in [1.82, 2.24) is 0 Å². The molecule has 0 N–H and O–H groups in total. The molecule has 1 heterocycles. The summed E-state index contributed by atoms with van der Waals surface area (Å²) in [4.78, 5) is 12.4. The van der Waals surface area contributed by atoms with E-state index >= 15 is 0 Å². The number of nitrogens with zero attached hydrogens (tertiary/aromatic N) is 1. The van der Waals surface area contributed by atoms with E-state index in [4.69, 9.17) is 14.7 Å². The van der Waals surface area contributed by atoms with Crippen LogP contribution in [0.1, 0.15) is 30.6 Å². The summed E-state index contributed by atoms with van der Waals surface area (Å²) in [5.41, 5.74) is 0.449. The maximum absolute atomic E-state index is 12.4. The van der Waals surface area contributed by atoms with Gasteiger partial charge in [-0.2, -0.15) is 5.26 Å². The average Bonchev–Trinajstić information content (AvgIpc) is 2.43. The Kier molecular flexibility index (Phi) is 4.06. The minimum Gasteiger partial charge on any atom is -0.486 e. The van der Waals surface area contributed by atoms with Crippen LogP contribution in [0.3, 0.4) is 0 Å². The highest BCUT2D eigenvalue weighted by Gasteiger charge is 2.26. The first-order valence-electron chi connectivity index (χ1n) is 6.46. The highest BCUT2D eigenvalue weighted by Crippen LogP contribution is 2.35. The lowest BCUT2D eigenvalue weighted by atomic mass is 9.90. The normalized spacial score (nSPS) is 14.8. The first kappa shape index (κ1) is 13.4. The number of para-hydroxylation sites is 1. The third kappa shape index (κ3) is 2.87. The topological polar surface area (TPSA) is 59.3 Å². The Hall–Kier alpha value is -2.02. The molecule has 1 aliphatic rings. The number of carbonyl (C=O) groups is 1. The third-order valence-electron chi connectivity index (χ3n) is 3.01. The molecule has 0 saturated carbocycles. The van der Waals surface area contributed by atoms with Gasteiger partial charge in [0.15, 0.2) is 17.3 Å². The lowest BCUT2D eigenvalue weighted by Crippen LogP contribution is -2.21. The molecule has 0 saturated heterocycles. The van der Waals surface area contributed by atoms with Crippen LogP contribution in [0, 0.1) is 23.2 Å². The highest BCUT2D eigenvalue weighted by atomic mass is 16.6. The predicted octanol–water partition coefficient (Wildman–Crippen LogP) is 2.83. The number of benzene rings is 1. The number of ether oxygens (including phenoxy) is 2. The molecular formula is C15H17NO3. The molecular weight excluding hydrogens is 242 g/mol. The number of rotatable bonds is 4. The van der Waals surface area contributed by atoms with Gasteiger partial charge in [0.25, 0.3) is 0 Å². The second-order valence-corrected chi connectivity index (χ2v) is 5.01. The molecule has 0 radical (unpaired) electrons. The summed E-state index contributed by atoms with van der Waals surface area (Å²) in [6.07, 6.45) is 0.555. The van der Waals surface area contributed by atoms with Crippen LogP contribution in [0.2, 0.25) is 0 Å². The Bertz CT molecular complexity index is 517. The molecule has 0 aliphatic carbocycles. The SMILES string of the molecule is CC(C)CC(C#N)C(=O)c1cccc2c1OCCO2. The summed E-state index contributed by atoms with van der Waals surface area (Å²) < 4.78 is 11.0. The number of hydrogen-bond donors (Lipinski definition) is 0. The molecule has 0 amide bonds. The molecule has 4 nitrogen and oxygen atoms in total. The maximum atomic E-state index is 12.4. The van der Waals surface area contributed by atoms with E-state index in [-0.39, 0.29) is 5.78 Å². The van der Waals surface area contributed by atoms with E-state index in [1.807, 2.05) is 13.8 Å². The van der Waals surface area contributed by atoms with E-state index in [2.05, 4.69) is 6.07 Å². The van der Waals surface area contributed by atoms with Crippen LogP contribution in [-0.2, 0) is 0 Å². The van der Waals surface area contributed by atoms with Crippen molar-refractivity contribution in [3.05, 3.63) is 23.8 Å². The molecule has 1 aromatic carbocycles. The summed E-state index contributed by atoms with van der Waals surface area (Å²) in [5, 5.41) is 9.17. The molecule has 0 bridgehead atoms. The average molecular weight is 259 g/mol. The summed E-state index contributed by atoms with van der Waals surface area (Å²) in [6.45, 7) is 4.91. The quantitative estimate of drug-likeness (QED) is 0.780. The van der Waals surface area contributed by atoms with Crippen molar-refractivity contribution in [3.8, 4) is 17.6 Å². The minimum atomic E-state index is -0.628. The van der Waals surface area contributed by atoms with Crippen molar-refractivity contribution >= 4 is 5.78 Å². The molecule has 1 aromatic rings. The fourth-order valence-corrected chi connectivity index (χ4v) is 2.15. The highest BCUT2D eigenvalue weighted by molar-refractivity contribution is 6.02. The van der Waals surface area contributed by atoms with E-state index in [1.54, 1.807) is 18.2 Å². The van der Waals surface area contributed by atoms with Gasteiger partial charge >= 0.3 is 0 Å².